The van der Waals surface area contributed by atoms with Crippen LogP contribution in [0.25, 0.3) is 0 Å². The van der Waals surface area contributed by atoms with Gasteiger partial charge in [0, 0.05) is 44.3 Å². The Labute approximate surface area is 198 Å². The number of hydrogen-bond donors (Lipinski definition) is 3. The molecule has 7 nitrogen and oxygen atoms in total. The Morgan fingerprint density at radius 2 is 1.97 bits per heavy atom. The summed E-state index contributed by atoms with van der Waals surface area (Å²) >= 11 is 0. The molecular formula is C22H39IN4O3. The number of carbonyl (C=O) groups is 1. The van der Waals surface area contributed by atoms with E-state index in [1.165, 1.54) is 6.26 Å². The van der Waals surface area contributed by atoms with Crippen LogP contribution in [0.4, 0.5) is 0 Å². The van der Waals surface area contributed by atoms with E-state index in [0.717, 1.165) is 57.0 Å². The number of halogens is 1. The van der Waals surface area contributed by atoms with E-state index in [9.17, 15) is 4.79 Å². The third kappa shape index (κ3) is 8.45. The normalized spacial score (nSPS) is 19.7. The van der Waals surface area contributed by atoms with Gasteiger partial charge in [-0.3, -0.25) is 9.79 Å². The van der Waals surface area contributed by atoms with Crippen molar-refractivity contribution in [3.8, 4) is 0 Å². The standard InChI is InChI=1S/C22H38N4O3.HI/c1-6-23-21(26-15-17-9-7-13-29-19(17)22(3,4)5)25-12-8-11-24-20(27)18-16(2)10-14-28-18;/h10,14,17,19H,6-9,11-13,15H2,1-5H3,(H,24,27)(H2,23,25,26);1H. The van der Waals surface area contributed by atoms with Crippen LogP contribution in [-0.4, -0.2) is 50.8 Å². The molecule has 2 heterocycles. The molecule has 1 aliphatic heterocycles. The van der Waals surface area contributed by atoms with Crippen molar-refractivity contribution in [2.24, 2.45) is 16.3 Å². The largest absolute Gasteiger partial charge is 0.459 e. The summed E-state index contributed by atoms with van der Waals surface area (Å²) in [4.78, 5) is 16.8. The predicted octanol–water partition coefficient (Wildman–Crippen LogP) is 3.72. The first-order valence-corrected chi connectivity index (χ1v) is 10.8. The number of amides is 1. The van der Waals surface area contributed by atoms with Crippen molar-refractivity contribution in [2.45, 2.75) is 60.0 Å². The van der Waals surface area contributed by atoms with Crippen molar-refractivity contribution >= 4 is 35.8 Å². The van der Waals surface area contributed by atoms with Gasteiger partial charge < -0.3 is 25.1 Å². The summed E-state index contributed by atoms with van der Waals surface area (Å²) in [6.07, 6.45) is 4.83. The van der Waals surface area contributed by atoms with Crippen molar-refractivity contribution in [1.29, 1.82) is 0 Å². The summed E-state index contributed by atoms with van der Waals surface area (Å²) in [6.45, 7) is 14.4. The molecule has 2 rings (SSSR count). The number of aliphatic imine (C=N–C) groups is 1. The summed E-state index contributed by atoms with van der Waals surface area (Å²) in [5.41, 5.74) is 0.971. The molecule has 2 atom stereocenters. The lowest BCUT2D eigenvalue weighted by atomic mass is 9.78. The molecule has 3 N–H and O–H groups in total. The monoisotopic (exact) mass is 534 g/mol. The Bertz CT molecular complexity index is 670. The number of aryl methyl sites for hydroxylation is 1. The molecule has 172 valence electrons. The average molecular weight is 534 g/mol. The van der Waals surface area contributed by atoms with Crippen LogP contribution in [-0.2, 0) is 4.74 Å². The van der Waals surface area contributed by atoms with Gasteiger partial charge in [0.25, 0.3) is 5.91 Å². The maximum atomic E-state index is 12.0. The Hall–Kier alpha value is -1.29. The van der Waals surface area contributed by atoms with Gasteiger partial charge in [-0.05, 0) is 44.6 Å². The SMILES string of the molecule is CCNC(=NCC1CCCOC1C(C)(C)C)NCCCNC(=O)c1occc1C.I. The lowest BCUT2D eigenvalue weighted by molar-refractivity contribution is -0.0823. The second-order valence-electron chi connectivity index (χ2n) is 8.75. The van der Waals surface area contributed by atoms with Crippen molar-refractivity contribution in [3.05, 3.63) is 23.7 Å². The highest BCUT2D eigenvalue weighted by Gasteiger charge is 2.35. The molecule has 0 radical (unpaired) electrons. The van der Waals surface area contributed by atoms with Gasteiger partial charge >= 0.3 is 0 Å². The van der Waals surface area contributed by atoms with Gasteiger partial charge in [0.05, 0.1) is 12.4 Å². The van der Waals surface area contributed by atoms with Crippen molar-refractivity contribution in [2.75, 3.05) is 32.8 Å². The van der Waals surface area contributed by atoms with Crippen molar-refractivity contribution < 1.29 is 13.9 Å². The molecule has 0 spiro atoms. The van der Waals surface area contributed by atoms with Crippen molar-refractivity contribution in [3.63, 3.8) is 0 Å². The maximum Gasteiger partial charge on any atom is 0.287 e. The van der Waals surface area contributed by atoms with Crippen molar-refractivity contribution in [1.82, 2.24) is 16.0 Å². The zero-order valence-electron chi connectivity index (χ0n) is 19.0. The third-order valence-electron chi connectivity index (χ3n) is 5.13. The second kappa shape index (κ2) is 13.2. The molecule has 1 aromatic heterocycles. The minimum Gasteiger partial charge on any atom is -0.459 e. The zero-order valence-corrected chi connectivity index (χ0v) is 21.4. The van der Waals surface area contributed by atoms with Gasteiger partial charge in [-0.25, -0.2) is 0 Å². The highest BCUT2D eigenvalue weighted by atomic mass is 127. The van der Waals surface area contributed by atoms with E-state index in [1.54, 1.807) is 6.07 Å². The second-order valence-corrected chi connectivity index (χ2v) is 8.75. The number of hydrogen-bond acceptors (Lipinski definition) is 4. The number of nitrogens with one attached hydrogen (secondary N) is 3. The maximum absolute atomic E-state index is 12.0. The summed E-state index contributed by atoms with van der Waals surface area (Å²) in [6, 6.07) is 1.79. The fourth-order valence-electron chi connectivity index (χ4n) is 3.72. The zero-order chi connectivity index (χ0) is 21.3. The predicted molar refractivity (Wildman–Crippen MR) is 132 cm³/mol. The van der Waals surface area contributed by atoms with Crippen LogP contribution in [0, 0.1) is 18.3 Å². The fraction of sp³-hybridized carbons (Fsp3) is 0.727. The lowest BCUT2D eigenvalue weighted by Crippen LogP contribution is -2.43. The highest BCUT2D eigenvalue weighted by Crippen LogP contribution is 2.34. The van der Waals surface area contributed by atoms with Gasteiger partial charge in [-0.1, -0.05) is 20.8 Å². The molecule has 30 heavy (non-hydrogen) atoms. The first kappa shape index (κ1) is 26.7. The third-order valence-corrected chi connectivity index (χ3v) is 5.13. The first-order chi connectivity index (χ1) is 13.8. The van der Waals surface area contributed by atoms with Crippen LogP contribution in [0.1, 0.15) is 63.1 Å². The molecule has 0 bridgehead atoms. The summed E-state index contributed by atoms with van der Waals surface area (Å²) in [5.74, 6) is 1.48. The van der Waals surface area contributed by atoms with Gasteiger partial charge in [0.15, 0.2) is 11.7 Å². The smallest absolute Gasteiger partial charge is 0.287 e. The van der Waals surface area contributed by atoms with Gasteiger partial charge in [-0.15, -0.1) is 24.0 Å². The molecule has 8 heteroatoms. The minimum absolute atomic E-state index is 0. The molecule has 0 aromatic carbocycles. The average Bonchev–Trinajstić information content (AvgIpc) is 3.11. The molecule has 1 saturated heterocycles. The molecule has 0 aliphatic carbocycles. The quantitative estimate of drug-likeness (QED) is 0.205. The molecule has 1 aromatic rings. The minimum atomic E-state index is -0.168. The highest BCUT2D eigenvalue weighted by molar-refractivity contribution is 14.0. The van der Waals surface area contributed by atoms with E-state index < -0.39 is 0 Å². The van der Waals surface area contributed by atoms with Crippen LogP contribution in [0.5, 0.6) is 0 Å². The topological polar surface area (TPSA) is 87.9 Å². The van der Waals surface area contributed by atoms with Gasteiger partial charge in [0.2, 0.25) is 0 Å². The molecule has 1 amide bonds. The molecule has 1 aliphatic rings. The fourth-order valence-corrected chi connectivity index (χ4v) is 3.72. The Morgan fingerprint density at radius 1 is 1.23 bits per heavy atom. The van der Waals surface area contributed by atoms with E-state index in [1.807, 2.05) is 6.92 Å². The van der Waals surface area contributed by atoms with E-state index in [0.29, 0.717) is 18.2 Å². The van der Waals surface area contributed by atoms with Crippen LogP contribution in [0.3, 0.4) is 0 Å². The van der Waals surface area contributed by atoms with E-state index in [2.05, 4.69) is 43.6 Å². The Morgan fingerprint density at radius 3 is 2.60 bits per heavy atom. The number of ether oxygens (including phenoxy) is 1. The van der Waals surface area contributed by atoms with Gasteiger partial charge in [0.1, 0.15) is 0 Å². The molecular weight excluding hydrogens is 495 g/mol. The summed E-state index contributed by atoms with van der Waals surface area (Å²) in [7, 11) is 0. The molecule has 1 fully saturated rings. The van der Waals surface area contributed by atoms with Crippen LogP contribution < -0.4 is 16.0 Å². The lowest BCUT2D eigenvalue weighted by Gasteiger charge is -2.39. The van der Waals surface area contributed by atoms with Crippen LogP contribution >= 0.6 is 24.0 Å². The van der Waals surface area contributed by atoms with Crippen LogP contribution in [0.2, 0.25) is 0 Å². The summed E-state index contributed by atoms with van der Waals surface area (Å²) < 4.78 is 11.3. The number of carbonyl (C=O) groups excluding carboxylic acids is 1. The summed E-state index contributed by atoms with van der Waals surface area (Å²) in [5, 5.41) is 9.55. The number of guanidine groups is 1. The van der Waals surface area contributed by atoms with E-state index >= 15 is 0 Å². The van der Waals surface area contributed by atoms with E-state index in [-0.39, 0.29) is 41.4 Å². The van der Waals surface area contributed by atoms with Crippen LogP contribution in [0.15, 0.2) is 21.7 Å². The van der Waals surface area contributed by atoms with E-state index in [4.69, 9.17) is 14.1 Å². The number of nitrogens with zero attached hydrogens (tertiary/aromatic N) is 1. The Kier molecular flexibility index (Phi) is 11.8. The molecule has 2 unspecified atom stereocenters. The number of furan rings is 1. The van der Waals surface area contributed by atoms with Gasteiger partial charge in [-0.2, -0.15) is 0 Å². The first-order valence-electron chi connectivity index (χ1n) is 10.8. The number of rotatable bonds is 8. The Balaban J connectivity index is 0.00000450. The molecule has 0 saturated carbocycles.